The van der Waals surface area contributed by atoms with Crippen molar-refractivity contribution in [3.05, 3.63) is 29.0 Å². The highest BCUT2D eigenvalue weighted by Crippen LogP contribution is 2.20. The summed E-state index contributed by atoms with van der Waals surface area (Å²) in [6, 6.07) is 6.25. The van der Waals surface area contributed by atoms with E-state index in [4.69, 9.17) is 11.6 Å². The van der Waals surface area contributed by atoms with Gasteiger partial charge in [0.25, 0.3) is 0 Å². The predicted molar refractivity (Wildman–Crippen MR) is 72.6 cm³/mol. The number of fused-ring (bicyclic) bond motifs is 1. The van der Waals surface area contributed by atoms with E-state index in [-0.39, 0.29) is 0 Å². The molecule has 0 radical (unpaired) electrons. The standard InChI is InChI=1S/C13H18ClN3/c1-4-15-9(2)7-13-16-11-6-5-10(14)8-12(11)17(13)3/h5-6,8-9,15H,4,7H2,1-3H3. The van der Waals surface area contributed by atoms with E-state index >= 15 is 0 Å². The number of hydrogen-bond acceptors (Lipinski definition) is 2. The number of aromatic nitrogens is 2. The van der Waals surface area contributed by atoms with Crippen LogP contribution in [0.1, 0.15) is 19.7 Å². The van der Waals surface area contributed by atoms with E-state index in [0.29, 0.717) is 6.04 Å². The van der Waals surface area contributed by atoms with Gasteiger partial charge in [0, 0.05) is 24.5 Å². The average molecular weight is 252 g/mol. The summed E-state index contributed by atoms with van der Waals surface area (Å²) in [7, 11) is 2.04. The lowest BCUT2D eigenvalue weighted by atomic mass is 10.2. The average Bonchev–Trinajstić information content (AvgIpc) is 2.57. The molecule has 1 heterocycles. The fourth-order valence-corrected chi connectivity index (χ4v) is 2.26. The Balaban J connectivity index is 2.32. The van der Waals surface area contributed by atoms with E-state index in [9.17, 15) is 0 Å². The maximum absolute atomic E-state index is 6.00. The van der Waals surface area contributed by atoms with Crippen LogP contribution < -0.4 is 5.32 Å². The van der Waals surface area contributed by atoms with Crippen LogP contribution in [0.15, 0.2) is 18.2 Å². The number of nitrogens with zero attached hydrogens (tertiary/aromatic N) is 2. The second-order valence-electron chi connectivity index (χ2n) is 4.38. The Morgan fingerprint density at radius 3 is 2.94 bits per heavy atom. The lowest BCUT2D eigenvalue weighted by Crippen LogP contribution is -2.28. The van der Waals surface area contributed by atoms with Crippen LogP contribution in [-0.4, -0.2) is 22.1 Å². The zero-order valence-corrected chi connectivity index (χ0v) is 11.3. The first kappa shape index (κ1) is 12.4. The summed E-state index contributed by atoms with van der Waals surface area (Å²) in [5.74, 6) is 1.09. The van der Waals surface area contributed by atoms with Gasteiger partial charge >= 0.3 is 0 Å². The largest absolute Gasteiger partial charge is 0.331 e. The third-order valence-electron chi connectivity index (χ3n) is 2.98. The molecule has 2 rings (SSSR count). The molecule has 4 heteroatoms. The fourth-order valence-electron chi connectivity index (χ4n) is 2.09. The van der Waals surface area contributed by atoms with Crippen molar-refractivity contribution in [2.45, 2.75) is 26.3 Å². The van der Waals surface area contributed by atoms with Crippen molar-refractivity contribution in [3.63, 3.8) is 0 Å². The van der Waals surface area contributed by atoms with Crippen molar-refractivity contribution < 1.29 is 0 Å². The summed E-state index contributed by atoms with van der Waals surface area (Å²) < 4.78 is 2.12. The van der Waals surface area contributed by atoms with Crippen LogP contribution in [0.2, 0.25) is 5.02 Å². The van der Waals surface area contributed by atoms with E-state index in [1.807, 2.05) is 25.2 Å². The number of benzene rings is 1. The molecule has 1 aromatic heterocycles. The molecule has 0 bridgehead atoms. The smallest absolute Gasteiger partial charge is 0.111 e. The Labute approximate surface area is 107 Å². The molecule has 92 valence electrons. The molecule has 0 spiro atoms. The van der Waals surface area contributed by atoms with Crippen LogP contribution in [0.3, 0.4) is 0 Å². The number of halogens is 1. The summed E-state index contributed by atoms with van der Waals surface area (Å²) in [6.45, 7) is 5.28. The first-order chi connectivity index (χ1) is 8.11. The van der Waals surface area contributed by atoms with Crippen molar-refractivity contribution in [1.82, 2.24) is 14.9 Å². The minimum absolute atomic E-state index is 0.436. The van der Waals surface area contributed by atoms with Crippen LogP contribution in [0.25, 0.3) is 11.0 Å². The quantitative estimate of drug-likeness (QED) is 0.906. The van der Waals surface area contributed by atoms with E-state index in [1.54, 1.807) is 0 Å². The topological polar surface area (TPSA) is 29.9 Å². The molecular weight excluding hydrogens is 234 g/mol. The Hall–Kier alpha value is -1.06. The zero-order valence-electron chi connectivity index (χ0n) is 10.5. The molecule has 0 aliphatic heterocycles. The van der Waals surface area contributed by atoms with Gasteiger partial charge in [-0.05, 0) is 31.7 Å². The fraction of sp³-hybridized carbons (Fsp3) is 0.462. The van der Waals surface area contributed by atoms with Crippen molar-refractivity contribution in [2.24, 2.45) is 7.05 Å². The third-order valence-corrected chi connectivity index (χ3v) is 3.21. The number of imidazole rings is 1. The van der Waals surface area contributed by atoms with Gasteiger partial charge in [-0.3, -0.25) is 0 Å². The van der Waals surface area contributed by atoms with Gasteiger partial charge in [0.1, 0.15) is 5.82 Å². The van der Waals surface area contributed by atoms with Gasteiger partial charge < -0.3 is 9.88 Å². The molecular formula is C13H18ClN3. The molecule has 1 atom stereocenters. The molecule has 0 saturated carbocycles. The SMILES string of the molecule is CCNC(C)Cc1nc2ccc(Cl)cc2n1C. The Kier molecular flexibility index (Phi) is 3.69. The number of hydrogen-bond donors (Lipinski definition) is 1. The molecule has 2 aromatic rings. The molecule has 17 heavy (non-hydrogen) atoms. The van der Waals surface area contributed by atoms with E-state index in [2.05, 4.69) is 28.7 Å². The Morgan fingerprint density at radius 1 is 1.47 bits per heavy atom. The summed E-state index contributed by atoms with van der Waals surface area (Å²) in [6.07, 6.45) is 0.927. The zero-order chi connectivity index (χ0) is 12.4. The molecule has 0 aliphatic rings. The minimum atomic E-state index is 0.436. The third kappa shape index (κ3) is 2.61. The highest BCUT2D eigenvalue weighted by molar-refractivity contribution is 6.31. The highest BCUT2D eigenvalue weighted by atomic mass is 35.5. The first-order valence-corrected chi connectivity index (χ1v) is 6.34. The van der Waals surface area contributed by atoms with E-state index in [0.717, 1.165) is 34.8 Å². The van der Waals surface area contributed by atoms with Crippen LogP contribution >= 0.6 is 11.6 Å². The molecule has 3 nitrogen and oxygen atoms in total. The van der Waals surface area contributed by atoms with Crippen LogP contribution in [0, 0.1) is 0 Å². The van der Waals surface area contributed by atoms with Crippen LogP contribution in [-0.2, 0) is 13.5 Å². The number of aryl methyl sites for hydroxylation is 1. The number of likely N-dealkylation sites (N-methyl/N-ethyl adjacent to an activating group) is 1. The molecule has 1 unspecified atom stereocenters. The van der Waals surface area contributed by atoms with E-state index < -0.39 is 0 Å². The second kappa shape index (κ2) is 5.07. The number of rotatable bonds is 4. The van der Waals surface area contributed by atoms with Crippen molar-refractivity contribution in [3.8, 4) is 0 Å². The van der Waals surface area contributed by atoms with Gasteiger partial charge in [0.15, 0.2) is 0 Å². The Morgan fingerprint density at radius 2 is 2.24 bits per heavy atom. The molecule has 0 saturated heterocycles. The second-order valence-corrected chi connectivity index (χ2v) is 4.82. The maximum Gasteiger partial charge on any atom is 0.111 e. The van der Waals surface area contributed by atoms with Gasteiger partial charge in [-0.2, -0.15) is 0 Å². The van der Waals surface area contributed by atoms with Gasteiger partial charge in [0.05, 0.1) is 11.0 Å². The lowest BCUT2D eigenvalue weighted by molar-refractivity contribution is 0.545. The van der Waals surface area contributed by atoms with Gasteiger partial charge in [-0.25, -0.2) is 4.98 Å². The van der Waals surface area contributed by atoms with Gasteiger partial charge in [-0.1, -0.05) is 18.5 Å². The van der Waals surface area contributed by atoms with Gasteiger partial charge in [0.2, 0.25) is 0 Å². The molecule has 0 amide bonds. The summed E-state index contributed by atoms with van der Waals surface area (Å²) >= 11 is 6.00. The highest BCUT2D eigenvalue weighted by Gasteiger charge is 2.10. The summed E-state index contributed by atoms with van der Waals surface area (Å²) in [5, 5.41) is 4.15. The predicted octanol–water partition coefficient (Wildman–Crippen LogP) is 2.77. The molecule has 1 aromatic carbocycles. The van der Waals surface area contributed by atoms with Crippen LogP contribution in [0.4, 0.5) is 0 Å². The minimum Gasteiger partial charge on any atom is -0.331 e. The number of nitrogens with one attached hydrogen (secondary N) is 1. The van der Waals surface area contributed by atoms with Gasteiger partial charge in [-0.15, -0.1) is 0 Å². The molecule has 0 aliphatic carbocycles. The first-order valence-electron chi connectivity index (χ1n) is 5.96. The summed E-state index contributed by atoms with van der Waals surface area (Å²) in [5.41, 5.74) is 2.10. The van der Waals surface area contributed by atoms with E-state index in [1.165, 1.54) is 0 Å². The normalized spacial score (nSPS) is 13.2. The van der Waals surface area contributed by atoms with Crippen molar-refractivity contribution in [1.29, 1.82) is 0 Å². The monoisotopic (exact) mass is 251 g/mol. The molecule has 0 fully saturated rings. The summed E-state index contributed by atoms with van der Waals surface area (Å²) in [4.78, 5) is 4.64. The van der Waals surface area contributed by atoms with Crippen molar-refractivity contribution in [2.75, 3.05) is 6.54 Å². The molecule has 1 N–H and O–H groups in total. The van der Waals surface area contributed by atoms with Crippen LogP contribution in [0.5, 0.6) is 0 Å². The Bertz CT molecular complexity index is 519. The lowest BCUT2D eigenvalue weighted by Gasteiger charge is -2.11. The maximum atomic E-state index is 6.00. The van der Waals surface area contributed by atoms with Crippen molar-refractivity contribution >= 4 is 22.6 Å².